The molecule has 1 spiro atoms. The Bertz CT molecular complexity index is 1170. The molecule has 34 heavy (non-hydrogen) atoms. The molecule has 0 radical (unpaired) electrons. The predicted octanol–water partition coefficient (Wildman–Crippen LogP) is 3.62. The van der Waals surface area contributed by atoms with E-state index >= 15 is 0 Å². The lowest BCUT2D eigenvalue weighted by molar-refractivity contribution is -0.143. The SMILES string of the molecule is C=C(C)CN1C(=O)[C@]2(N[C@H](CC(C)C)[C@@H]3C(=O)N(Cc4ccccc4)C(=O)[C@H]32)c2ccccc21. The molecule has 2 saturated heterocycles. The minimum Gasteiger partial charge on any atom is -0.306 e. The van der Waals surface area contributed by atoms with Gasteiger partial charge in [0, 0.05) is 23.8 Å². The summed E-state index contributed by atoms with van der Waals surface area (Å²) in [6, 6.07) is 16.9. The number of benzene rings is 2. The highest BCUT2D eigenvalue weighted by Crippen LogP contribution is 2.55. The fourth-order valence-corrected chi connectivity index (χ4v) is 6.07. The highest BCUT2D eigenvalue weighted by Gasteiger charge is 2.71. The molecule has 3 aliphatic rings. The van der Waals surface area contributed by atoms with E-state index in [1.807, 2.05) is 61.5 Å². The number of carbonyl (C=O) groups excluding carboxylic acids is 3. The van der Waals surface area contributed by atoms with Crippen molar-refractivity contribution in [3.8, 4) is 0 Å². The van der Waals surface area contributed by atoms with Crippen molar-refractivity contribution in [3.63, 3.8) is 0 Å². The molecule has 3 aliphatic heterocycles. The third-order valence-corrected chi connectivity index (χ3v) is 7.29. The molecule has 6 heteroatoms. The van der Waals surface area contributed by atoms with Crippen molar-refractivity contribution in [1.29, 1.82) is 0 Å². The van der Waals surface area contributed by atoms with Crippen LogP contribution in [0.1, 0.15) is 38.3 Å². The maximum Gasteiger partial charge on any atom is 0.253 e. The van der Waals surface area contributed by atoms with Crippen molar-refractivity contribution in [2.45, 2.75) is 45.3 Å². The van der Waals surface area contributed by atoms with Crippen LogP contribution in [0.15, 0.2) is 66.7 Å². The van der Waals surface area contributed by atoms with E-state index in [4.69, 9.17) is 0 Å². The fraction of sp³-hybridized carbons (Fsp3) is 0.393. The van der Waals surface area contributed by atoms with Gasteiger partial charge in [0.25, 0.3) is 5.91 Å². The van der Waals surface area contributed by atoms with Crippen LogP contribution < -0.4 is 10.2 Å². The Hall–Kier alpha value is -3.25. The lowest BCUT2D eigenvalue weighted by atomic mass is 9.76. The second-order valence-electron chi connectivity index (χ2n) is 10.3. The molecule has 0 aliphatic carbocycles. The number of amides is 3. The second-order valence-corrected chi connectivity index (χ2v) is 10.3. The van der Waals surface area contributed by atoms with E-state index in [0.717, 1.165) is 22.4 Å². The van der Waals surface area contributed by atoms with Crippen molar-refractivity contribution in [1.82, 2.24) is 10.2 Å². The van der Waals surface area contributed by atoms with E-state index in [1.165, 1.54) is 4.90 Å². The van der Waals surface area contributed by atoms with Crippen molar-refractivity contribution < 1.29 is 14.4 Å². The molecule has 1 N–H and O–H groups in total. The molecule has 3 amide bonds. The van der Waals surface area contributed by atoms with E-state index < -0.39 is 17.4 Å². The van der Waals surface area contributed by atoms with Gasteiger partial charge in [-0.25, -0.2) is 0 Å². The van der Waals surface area contributed by atoms with Crippen molar-refractivity contribution in [2.24, 2.45) is 17.8 Å². The summed E-state index contributed by atoms with van der Waals surface area (Å²) in [5.41, 5.74) is 2.08. The van der Waals surface area contributed by atoms with E-state index in [-0.39, 0.29) is 30.3 Å². The molecular formula is C28H31N3O3. The molecule has 6 nitrogen and oxygen atoms in total. The van der Waals surface area contributed by atoms with Crippen LogP contribution in [0.2, 0.25) is 0 Å². The first-order valence-corrected chi connectivity index (χ1v) is 12.0. The predicted molar refractivity (Wildman–Crippen MR) is 131 cm³/mol. The first-order valence-electron chi connectivity index (χ1n) is 12.0. The number of hydrogen-bond donors (Lipinski definition) is 1. The zero-order valence-corrected chi connectivity index (χ0v) is 20.0. The Morgan fingerprint density at radius 3 is 2.35 bits per heavy atom. The number of imide groups is 1. The quantitative estimate of drug-likeness (QED) is 0.531. The van der Waals surface area contributed by atoms with Gasteiger partial charge in [0.15, 0.2) is 0 Å². The van der Waals surface area contributed by atoms with Gasteiger partial charge in [-0.1, -0.05) is 74.5 Å². The van der Waals surface area contributed by atoms with Crippen LogP contribution in [0.5, 0.6) is 0 Å². The van der Waals surface area contributed by atoms with E-state index in [2.05, 4.69) is 25.7 Å². The van der Waals surface area contributed by atoms with Gasteiger partial charge in [-0.15, -0.1) is 0 Å². The number of rotatable bonds is 6. The minimum absolute atomic E-state index is 0.166. The molecule has 0 unspecified atom stereocenters. The molecule has 0 saturated carbocycles. The zero-order valence-electron chi connectivity index (χ0n) is 20.0. The second kappa shape index (κ2) is 8.20. The maximum atomic E-state index is 14.2. The number of para-hydroxylation sites is 1. The Morgan fingerprint density at radius 2 is 1.68 bits per heavy atom. The smallest absolute Gasteiger partial charge is 0.253 e. The fourth-order valence-electron chi connectivity index (χ4n) is 6.07. The molecule has 2 aromatic carbocycles. The zero-order chi connectivity index (χ0) is 24.2. The summed E-state index contributed by atoms with van der Waals surface area (Å²) >= 11 is 0. The molecule has 2 aromatic rings. The average molecular weight is 458 g/mol. The molecule has 4 atom stereocenters. The van der Waals surface area contributed by atoms with Gasteiger partial charge in [-0.2, -0.15) is 0 Å². The van der Waals surface area contributed by atoms with Crippen molar-refractivity contribution in [2.75, 3.05) is 11.4 Å². The first-order chi connectivity index (χ1) is 16.3. The summed E-state index contributed by atoms with van der Waals surface area (Å²) in [7, 11) is 0. The number of fused-ring (bicyclic) bond motifs is 4. The topological polar surface area (TPSA) is 69.7 Å². The summed E-state index contributed by atoms with van der Waals surface area (Å²) in [6.45, 7) is 10.7. The van der Waals surface area contributed by atoms with Crippen molar-refractivity contribution in [3.05, 3.63) is 77.9 Å². The number of hydrogen-bond acceptors (Lipinski definition) is 4. The van der Waals surface area contributed by atoms with Gasteiger partial charge < -0.3 is 4.90 Å². The molecule has 176 valence electrons. The molecule has 0 bridgehead atoms. The summed E-state index contributed by atoms with van der Waals surface area (Å²) in [6.07, 6.45) is 0.705. The molecule has 0 aromatic heterocycles. The van der Waals surface area contributed by atoms with Gasteiger partial charge in [-0.3, -0.25) is 24.6 Å². The van der Waals surface area contributed by atoms with E-state index in [9.17, 15) is 14.4 Å². The normalized spacial score (nSPS) is 27.8. The Labute approximate surface area is 200 Å². The Balaban J connectivity index is 1.62. The lowest BCUT2D eigenvalue weighted by Crippen LogP contribution is -2.55. The van der Waals surface area contributed by atoms with Gasteiger partial charge in [0.05, 0.1) is 18.4 Å². The van der Waals surface area contributed by atoms with E-state index in [0.29, 0.717) is 18.9 Å². The van der Waals surface area contributed by atoms with Gasteiger partial charge in [-0.05, 0) is 30.9 Å². The summed E-state index contributed by atoms with van der Waals surface area (Å²) in [5, 5.41) is 3.56. The standard InChI is InChI=1S/C28H31N3O3/c1-17(2)14-21-23-24(26(33)31(25(23)32)16-19-10-6-5-7-11-19)28(29-21)20-12-8-9-13-22(20)30(27(28)34)15-18(3)4/h5-13,17,21,23-24,29H,3,14-16H2,1-2,4H3/t21-,23+,24+,28+/m1/s1. The van der Waals surface area contributed by atoms with Crippen LogP contribution in [0, 0.1) is 17.8 Å². The van der Waals surface area contributed by atoms with Gasteiger partial charge in [0.1, 0.15) is 5.54 Å². The van der Waals surface area contributed by atoms with Gasteiger partial charge >= 0.3 is 0 Å². The molecule has 5 rings (SSSR count). The number of nitrogens with one attached hydrogen (secondary N) is 1. The number of anilines is 1. The van der Waals surface area contributed by atoms with Crippen LogP contribution in [-0.2, 0) is 26.5 Å². The largest absolute Gasteiger partial charge is 0.306 e. The lowest BCUT2D eigenvalue weighted by Gasteiger charge is -2.31. The third-order valence-electron chi connectivity index (χ3n) is 7.29. The minimum atomic E-state index is -1.24. The summed E-state index contributed by atoms with van der Waals surface area (Å²) in [5.74, 6) is -1.65. The third kappa shape index (κ3) is 3.23. The Kier molecular flexibility index (Phi) is 5.44. The summed E-state index contributed by atoms with van der Waals surface area (Å²) < 4.78 is 0. The number of likely N-dealkylation sites (tertiary alicyclic amines) is 1. The number of nitrogens with zero attached hydrogens (tertiary/aromatic N) is 2. The number of carbonyl (C=O) groups is 3. The highest BCUT2D eigenvalue weighted by atomic mass is 16.2. The molecule has 2 fully saturated rings. The van der Waals surface area contributed by atoms with Crippen LogP contribution in [0.25, 0.3) is 0 Å². The first kappa shape index (κ1) is 22.5. The monoisotopic (exact) mass is 457 g/mol. The van der Waals surface area contributed by atoms with Gasteiger partial charge in [0.2, 0.25) is 11.8 Å². The maximum absolute atomic E-state index is 14.2. The molecule has 3 heterocycles. The Morgan fingerprint density at radius 1 is 1.00 bits per heavy atom. The van der Waals surface area contributed by atoms with E-state index in [1.54, 1.807) is 4.90 Å². The van der Waals surface area contributed by atoms with Crippen LogP contribution in [0.3, 0.4) is 0 Å². The average Bonchev–Trinajstić information content (AvgIpc) is 3.34. The van der Waals surface area contributed by atoms with Crippen LogP contribution in [-0.4, -0.2) is 35.2 Å². The van der Waals surface area contributed by atoms with Crippen molar-refractivity contribution >= 4 is 23.4 Å². The summed E-state index contributed by atoms with van der Waals surface area (Å²) in [4.78, 5) is 44.9. The highest BCUT2D eigenvalue weighted by molar-refractivity contribution is 6.16. The molecular weight excluding hydrogens is 426 g/mol. The van der Waals surface area contributed by atoms with Crippen LogP contribution >= 0.6 is 0 Å². The van der Waals surface area contributed by atoms with Crippen LogP contribution in [0.4, 0.5) is 5.69 Å².